The number of aromatic nitrogens is 1. The fraction of sp³-hybridized carbons (Fsp3) is 0.200. The summed E-state index contributed by atoms with van der Waals surface area (Å²) in [5.41, 5.74) is 7.25. The maximum absolute atomic E-state index is 12.4. The normalized spacial score (nSPS) is 10.5. The van der Waals surface area contributed by atoms with Crippen molar-refractivity contribution in [3.8, 4) is 28.7 Å². The quantitative estimate of drug-likeness (QED) is 0.539. The molecule has 146 valence electrons. The van der Waals surface area contributed by atoms with Crippen molar-refractivity contribution in [1.82, 2.24) is 15.8 Å². The first-order valence-electron chi connectivity index (χ1n) is 8.53. The lowest BCUT2D eigenvalue weighted by molar-refractivity contribution is 0.0904. The van der Waals surface area contributed by atoms with Crippen molar-refractivity contribution in [3.05, 3.63) is 59.5 Å². The summed E-state index contributed by atoms with van der Waals surface area (Å²) in [6.07, 6.45) is 0. The third-order valence-electron chi connectivity index (χ3n) is 4.08. The lowest BCUT2D eigenvalue weighted by Gasteiger charge is -2.08. The smallest absolute Gasteiger partial charge is 0.303 e. The number of benzene rings is 2. The van der Waals surface area contributed by atoms with Crippen molar-refractivity contribution < 1.29 is 23.8 Å². The van der Waals surface area contributed by atoms with Crippen LogP contribution in [0.2, 0.25) is 0 Å². The molecule has 1 heterocycles. The number of hydrazine groups is 1. The molecule has 0 fully saturated rings. The third-order valence-corrected chi connectivity index (χ3v) is 4.08. The van der Waals surface area contributed by atoms with Gasteiger partial charge in [-0.15, -0.1) is 0 Å². The van der Waals surface area contributed by atoms with Gasteiger partial charge in [0, 0.05) is 6.54 Å². The van der Waals surface area contributed by atoms with Gasteiger partial charge in [-0.1, -0.05) is 18.2 Å². The van der Waals surface area contributed by atoms with E-state index in [-0.39, 0.29) is 11.5 Å². The Bertz CT molecular complexity index is 984. The van der Waals surface area contributed by atoms with E-state index in [4.69, 9.17) is 13.9 Å². The first kappa shape index (κ1) is 19.2. The minimum Gasteiger partial charge on any atom is -0.504 e. The number of phenolic OH excluding ortho intramolecular Hbond substituents is 1. The van der Waals surface area contributed by atoms with Crippen molar-refractivity contribution in [2.24, 2.45) is 0 Å². The molecule has 3 aromatic rings. The molecule has 3 N–H and O–H groups in total. The lowest BCUT2D eigenvalue weighted by atomic mass is 10.2. The lowest BCUT2D eigenvalue weighted by Crippen LogP contribution is -2.36. The molecule has 0 saturated carbocycles. The van der Waals surface area contributed by atoms with E-state index in [0.29, 0.717) is 35.2 Å². The van der Waals surface area contributed by atoms with E-state index in [1.54, 1.807) is 44.4 Å². The molecule has 1 aromatic heterocycles. The Labute approximate surface area is 162 Å². The van der Waals surface area contributed by atoms with Crippen LogP contribution in [0.15, 0.2) is 46.9 Å². The highest BCUT2D eigenvalue weighted by Crippen LogP contribution is 2.30. The number of para-hydroxylation sites is 1. The van der Waals surface area contributed by atoms with Crippen molar-refractivity contribution >= 4 is 5.91 Å². The largest absolute Gasteiger partial charge is 0.504 e. The number of hydrogen-bond acceptors (Lipinski definition) is 7. The predicted molar refractivity (Wildman–Crippen MR) is 102 cm³/mol. The van der Waals surface area contributed by atoms with Gasteiger partial charge < -0.3 is 19.0 Å². The van der Waals surface area contributed by atoms with E-state index in [9.17, 15) is 9.90 Å². The summed E-state index contributed by atoms with van der Waals surface area (Å²) in [7, 11) is 3.04. The van der Waals surface area contributed by atoms with E-state index in [1.807, 2.05) is 12.1 Å². The van der Waals surface area contributed by atoms with Crippen LogP contribution in [0.3, 0.4) is 0 Å². The van der Waals surface area contributed by atoms with Gasteiger partial charge in [0.2, 0.25) is 11.7 Å². The van der Waals surface area contributed by atoms with E-state index >= 15 is 0 Å². The van der Waals surface area contributed by atoms with E-state index in [1.165, 1.54) is 7.11 Å². The molecule has 28 heavy (non-hydrogen) atoms. The molecule has 8 nitrogen and oxygen atoms in total. The number of carbonyl (C=O) groups is 1. The maximum atomic E-state index is 12.4. The van der Waals surface area contributed by atoms with Crippen molar-refractivity contribution in [1.29, 1.82) is 0 Å². The molecule has 0 atom stereocenters. The number of phenols is 1. The van der Waals surface area contributed by atoms with Gasteiger partial charge in [-0.2, -0.15) is 0 Å². The second-order valence-corrected chi connectivity index (χ2v) is 5.95. The Morgan fingerprint density at radius 3 is 2.61 bits per heavy atom. The molecule has 0 bridgehead atoms. The number of methoxy groups -OCH3 is 2. The number of ether oxygens (including phenoxy) is 2. The molecule has 0 radical (unpaired) electrons. The number of nitrogens with one attached hydrogen (secondary N) is 2. The van der Waals surface area contributed by atoms with Crippen molar-refractivity contribution in [2.45, 2.75) is 13.5 Å². The number of rotatable bonds is 7. The first-order valence-corrected chi connectivity index (χ1v) is 8.53. The van der Waals surface area contributed by atoms with Gasteiger partial charge in [-0.05, 0) is 36.8 Å². The van der Waals surface area contributed by atoms with Gasteiger partial charge in [-0.25, -0.2) is 10.4 Å². The summed E-state index contributed by atoms with van der Waals surface area (Å²) < 4.78 is 16.0. The number of nitrogens with zero attached hydrogens (tertiary/aromatic N) is 1. The van der Waals surface area contributed by atoms with Gasteiger partial charge in [0.05, 0.1) is 25.5 Å². The molecule has 0 saturated heterocycles. The number of oxazole rings is 1. The molecule has 1 amide bonds. The Kier molecular flexibility index (Phi) is 5.81. The summed E-state index contributed by atoms with van der Waals surface area (Å²) >= 11 is 0. The Morgan fingerprint density at radius 2 is 1.89 bits per heavy atom. The maximum Gasteiger partial charge on any atom is 0.303 e. The Hall–Kier alpha value is -3.52. The average Bonchev–Trinajstić information content (AvgIpc) is 3.09. The summed E-state index contributed by atoms with van der Waals surface area (Å²) in [5.74, 6) is 0.970. The number of amides is 1. The number of carbonyl (C=O) groups excluding carboxylic acids is 1. The van der Waals surface area contributed by atoms with Gasteiger partial charge in [0.15, 0.2) is 11.5 Å². The topological polar surface area (TPSA) is 106 Å². The van der Waals surface area contributed by atoms with Crippen LogP contribution in [-0.4, -0.2) is 30.2 Å². The molecule has 0 spiro atoms. The predicted octanol–water partition coefficient (Wildman–Crippen LogP) is 2.81. The third kappa shape index (κ3) is 4.07. The standard InChI is InChI=1S/C20H21N3O5/c1-12-18(28-20(22-12)14-6-4-5-7-16(14)26-2)19(25)23-21-11-13-8-9-17(27-3)15(24)10-13/h4-10,21,24H,11H2,1-3H3,(H,23,25). The van der Waals surface area contributed by atoms with E-state index in [0.717, 1.165) is 5.56 Å². The SMILES string of the molecule is COc1ccc(CNNC(=O)c2oc(-c3ccccc3OC)nc2C)cc1O. The zero-order chi connectivity index (χ0) is 20.1. The monoisotopic (exact) mass is 383 g/mol. The van der Waals surface area contributed by atoms with Gasteiger partial charge in [-0.3, -0.25) is 10.2 Å². The summed E-state index contributed by atoms with van der Waals surface area (Å²) in [5, 5.41) is 9.79. The van der Waals surface area contributed by atoms with Crippen LogP contribution in [0.5, 0.6) is 17.2 Å². The van der Waals surface area contributed by atoms with Crippen molar-refractivity contribution in [2.75, 3.05) is 14.2 Å². The van der Waals surface area contributed by atoms with Crippen LogP contribution in [0.25, 0.3) is 11.5 Å². The molecule has 0 aliphatic rings. The molecular formula is C20H21N3O5. The summed E-state index contributed by atoms with van der Waals surface area (Å²) in [6.45, 7) is 1.99. The van der Waals surface area contributed by atoms with Gasteiger partial charge in [0.1, 0.15) is 5.75 Å². The van der Waals surface area contributed by atoms with Gasteiger partial charge in [0.25, 0.3) is 0 Å². The Morgan fingerprint density at radius 1 is 1.14 bits per heavy atom. The molecule has 2 aromatic carbocycles. The fourth-order valence-electron chi connectivity index (χ4n) is 2.67. The number of aromatic hydroxyl groups is 1. The average molecular weight is 383 g/mol. The molecule has 0 unspecified atom stereocenters. The van der Waals surface area contributed by atoms with Crippen LogP contribution < -0.4 is 20.3 Å². The van der Waals surface area contributed by atoms with Crippen LogP contribution in [-0.2, 0) is 6.54 Å². The van der Waals surface area contributed by atoms with Crippen LogP contribution in [0.4, 0.5) is 0 Å². The van der Waals surface area contributed by atoms with Crippen LogP contribution in [0, 0.1) is 6.92 Å². The highest BCUT2D eigenvalue weighted by atomic mass is 16.5. The minimum absolute atomic E-state index is 0.0284. The van der Waals surface area contributed by atoms with Crippen LogP contribution >= 0.6 is 0 Å². The number of hydrogen-bond donors (Lipinski definition) is 3. The first-order chi connectivity index (χ1) is 13.5. The zero-order valence-corrected chi connectivity index (χ0v) is 15.8. The number of aryl methyl sites for hydroxylation is 1. The minimum atomic E-state index is -0.455. The van der Waals surface area contributed by atoms with Crippen molar-refractivity contribution in [3.63, 3.8) is 0 Å². The van der Waals surface area contributed by atoms with E-state index < -0.39 is 5.91 Å². The summed E-state index contributed by atoms with van der Waals surface area (Å²) in [6, 6.07) is 12.2. The zero-order valence-electron chi connectivity index (χ0n) is 15.8. The van der Waals surface area contributed by atoms with E-state index in [2.05, 4.69) is 15.8 Å². The molecule has 0 aliphatic heterocycles. The van der Waals surface area contributed by atoms with Gasteiger partial charge >= 0.3 is 5.91 Å². The molecular weight excluding hydrogens is 362 g/mol. The second kappa shape index (κ2) is 8.45. The highest BCUT2D eigenvalue weighted by Gasteiger charge is 2.20. The fourth-order valence-corrected chi connectivity index (χ4v) is 2.67. The summed E-state index contributed by atoms with van der Waals surface area (Å²) in [4.78, 5) is 16.7. The Balaban J connectivity index is 1.66. The highest BCUT2D eigenvalue weighted by molar-refractivity contribution is 5.92. The molecule has 8 heteroatoms. The second-order valence-electron chi connectivity index (χ2n) is 5.95. The molecule has 0 aliphatic carbocycles. The molecule has 3 rings (SSSR count). The van der Waals surface area contributed by atoms with Crippen LogP contribution in [0.1, 0.15) is 21.8 Å².